The Balaban J connectivity index is 2.02. The lowest BCUT2D eigenvalue weighted by molar-refractivity contribution is 0.0120. The number of hydrogen-bond acceptors (Lipinski definition) is 1. The van der Waals surface area contributed by atoms with E-state index in [1.54, 1.807) is 0 Å². The summed E-state index contributed by atoms with van der Waals surface area (Å²) in [6.45, 7) is 9.73. The highest BCUT2D eigenvalue weighted by atomic mass is 16.3. The van der Waals surface area contributed by atoms with E-state index < -0.39 is 0 Å². The predicted molar refractivity (Wildman–Crippen MR) is 66.0 cm³/mol. The van der Waals surface area contributed by atoms with E-state index in [1.165, 1.54) is 19.3 Å². The summed E-state index contributed by atoms with van der Waals surface area (Å²) in [6.07, 6.45) is 5.12. The number of aliphatic hydroxyl groups is 1. The lowest BCUT2D eigenvalue weighted by Gasteiger charge is -2.42. The molecule has 6 atom stereocenters. The van der Waals surface area contributed by atoms with Crippen LogP contribution in [0.25, 0.3) is 0 Å². The summed E-state index contributed by atoms with van der Waals surface area (Å²) < 4.78 is 0. The zero-order valence-corrected chi connectivity index (χ0v) is 11.2. The van der Waals surface area contributed by atoms with Crippen LogP contribution in [0.3, 0.4) is 0 Å². The molecule has 3 saturated carbocycles. The smallest absolute Gasteiger partial charge is 0.0579 e. The van der Waals surface area contributed by atoms with Crippen molar-refractivity contribution in [1.82, 2.24) is 0 Å². The first-order valence-electron chi connectivity index (χ1n) is 7.03. The molecule has 1 nitrogen and oxygen atoms in total. The summed E-state index contributed by atoms with van der Waals surface area (Å²) in [7, 11) is 0. The summed E-state index contributed by atoms with van der Waals surface area (Å²) in [5.74, 6) is 3.02. The van der Waals surface area contributed by atoms with Gasteiger partial charge in [0.1, 0.15) is 0 Å². The number of rotatable bonds is 0. The lowest BCUT2D eigenvalue weighted by atomic mass is 9.63. The Kier molecular flexibility index (Phi) is 2.11. The van der Waals surface area contributed by atoms with Crippen molar-refractivity contribution in [3.8, 4) is 0 Å². The third-order valence-electron chi connectivity index (χ3n) is 6.23. The molecule has 0 bridgehead atoms. The first-order valence-corrected chi connectivity index (χ1v) is 7.03. The van der Waals surface area contributed by atoms with Crippen LogP contribution in [0.2, 0.25) is 0 Å². The summed E-state index contributed by atoms with van der Waals surface area (Å²) >= 11 is 0. The average Bonchev–Trinajstić information content (AvgIpc) is 2.48. The quantitative estimate of drug-likeness (QED) is 0.665. The van der Waals surface area contributed by atoms with E-state index >= 15 is 0 Å². The molecule has 0 aromatic rings. The first-order chi connectivity index (χ1) is 7.35. The van der Waals surface area contributed by atoms with Gasteiger partial charge in [-0.05, 0) is 53.8 Å². The second-order valence-electron chi connectivity index (χ2n) is 7.86. The van der Waals surface area contributed by atoms with Gasteiger partial charge >= 0.3 is 0 Å². The fourth-order valence-corrected chi connectivity index (χ4v) is 5.99. The molecular formula is C15H26O. The van der Waals surface area contributed by atoms with Crippen LogP contribution in [0.4, 0.5) is 0 Å². The van der Waals surface area contributed by atoms with Gasteiger partial charge in [0.15, 0.2) is 0 Å². The molecule has 3 fully saturated rings. The van der Waals surface area contributed by atoms with Crippen molar-refractivity contribution < 1.29 is 5.11 Å². The molecule has 0 spiro atoms. The van der Waals surface area contributed by atoms with Gasteiger partial charge in [0.25, 0.3) is 0 Å². The Labute approximate surface area is 99.6 Å². The molecule has 1 heteroatoms. The van der Waals surface area contributed by atoms with Gasteiger partial charge in [-0.1, -0.05) is 34.1 Å². The summed E-state index contributed by atoms with van der Waals surface area (Å²) in [5, 5.41) is 10.4. The van der Waals surface area contributed by atoms with E-state index in [-0.39, 0.29) is 6.10 Å². The van der Waals surface area contributed by atoms with Crippen LogP contribution in [-0.2, 0) is 0 Å². The third kappa shape index (κ3) is 1.21. The molecule has 0 saturated heterocycles. The van der Waals surface area contributed by atoms with Crippen molar-refractivity contribution in [3.05, 3.63) is 0 Å². The molecule has 0 aromatic heterocycles. The lowest BCUT2D eigenvalue weighted by Crippen LogP contribution is -2.38. The van der Waals surface area contributed by atoms with Gasteiger partial charge in [-0.25, -0.2) is 0 Å². The Morgan fingerprint density at radius 3 is 2.50 bits per heavy atom. The van der Waals surface area contributed by atoms with E-state index in [2.05, 4.69) is 27.7 Å². The first kappa shape index (κ1) is 11.1. The highest BCUT2D eigenvalue weighted by Gasteiger charge is 2.64. The van der Waals surface area contributed by atoms with Crippen molar-refractivity contribution in [3.63, 3.8) is 0 Å². The normalized spacial score (nSPS) is 58.7. The molecule has 0 heterocycles. The monoisotopic (exact) mass is 222 g/mol. The zero-order valence-electron chi connectivity index (χ0n) is 11.2. The van der Waals surface area contributed by atoms with Crippen LogP contribution < -0.4 is 0 Å². The summed E-state index contributed by atoms with van der Waals surface area (Å²) in [6, 6.07) is 0. The van der Waals surface area contributed by atoms with E-state index in [0.29, 0.717) is 16.7 Å². The standard InChI is InChI=1S/C15H26O/c1-9-5-6-10-13-12(9)11(16)7-15(13,4)8-14(10,2)3/h9-13,16H,5-8H2,1-4H3. The Hall–Kier alpha value is -0.0400. The van der Waals surface area contributed by atoms with E-state index in [4.69, 9.17) is 0 Å². The second-order valence-corrected chi connectivity index (χ2v) is 7.86. The summed E-state index contributed by atoms with van der Waals surface area (Å²) in [5.41, 5.74) is 0.949. The molecule has 0 radical (unpaired) electrons. The Morgan fingerprint density at radius 1 is 1.12 bits per heavy atom. The van der Waals surface area contributed by atoms with Gasteiger partial charge in [-0.2, -0.15) is 0 Å². The van der Waals surface area contributed by atoms with Gasteiger partial charge in [0.05, 0.1) is 6.10 Å². The molecule has 3 aliphatic carbocycles. The molecule has 16 heavy (non-hydrogen) atoms. The van der Waals surface area contributed by atoms with Crippen molar-refractivity contribution in [2.24, 2.45) is 34.5 Å². The van der Waals surface area contributed by atoms with Crippen molar-refractivity contribution >= 4 is 0 Å². The van der Waals surface area contributed by atoms with Crippen LogP contribution in [0.1, 0.15) is 53.4 Å². The Morgan fingerprint density at radius 2 is 1.81 bits per heavy atom. The van der Waals surface area contributed by atoms with E-state index in [0.717, 1.165) is 24.2 Å². The molecule has 0 aliphatic heterocycles. The minimum Gasteiger partial charge on any atom is -0.393 e. The fourth-order valence-electron chi connectivity index (χ4n) is 5.99. The highest BCUT2D eigenvalue weighted by Crippen LogP contribution is 2.69. The largest absolute Gasteiger partial charge is 0.393 e. The van der Waals surface area contributed by atoms with Gasteiger partial charge in [-0.15, -0.1) is 0 Å². The van der Waals surface area contributed by atoms with Gasteiger partial charge in [0.2, 0.25) is 0 Å². The van der Waals surface area contributed by atoms with Crippen LogP contribution in [-0.4, -0.2) is 11.2 Å². The second kappa shape index (κ2) is 3.04. The summed E-state index contributed by atoms with van der Waals surface area (Å²) in [4.78, 5) is 0. The van der Waals surface area contributed by atoms with Crippen LogP contribution in [0.5, 0.6) is 0 Å². The SMILES string of the molecule is CC1CCC2C3C1C(O)CC3(C)CC2(C)C. The molecule has 1 N–H and O–H groups in total. The maximum absolute atomic E-state index is 10.4. The topological polar surface area (TPSA) is 20.2 Å². The van der Waals surface area contributed by atoms with Crippen LogP contribution in [0, 0.1) is 34.5 Å². The highest BCUT2D eigenvalue weighted by molar-refractivity contribution is 5.13. The zero-order chi connectivity index (χ0) is 11.7. The number of aliphatic hydroxyl groups excluding tert-OH is 1. The van der Waals surface area contributed by atoms with Gasteiger partial charge < -0.3 is 5.11 Å². The van der Waals surface area contributed by atoms with Crippen molar-refractivity contribution in [1.29, 1.82) is 0 Å². The van der Waals surface area contributed by atoms with Crippen molar-refractivity contribution in [2.45, 2.75) is 59.5 Å². The predicted octanol–water partition coefficient (Wildman–Crippen LogP) is 3.47. The minimum absolute atomic E-state index is 0.0103. The van der Waals surface area contributed by atoms with Gasteiger partial charge in [-0.3, -0.25) is 0 Å². The van der Waals surface area contributed by atoms with E-state index in [9.17, 15) is 5.11 Å². The molecule has 0 amide bonds. The molecule has 3 rings (SSSR count). The van der Waals surface area contributed by atoms with Crippen molar-refractivity contribution in [2.75, 3.05) is 0 Å². The molecule has 6 unspecified atom stereocenters. The molecule has 92 valence electrons. The fraction of sp³-hybridized carbons (Fsp3) is 1.00. The minimum atomic E-state index is -0.0103. The maximum Gasteiger partial charge on any atom is 0.0579 e. The molecular weight excluding hydrogens is 196 g/mol. The van der Waals surface area contributed by atoms with Crippen LogP contribution >= 0.6 is 0 Å². The third-order valence-corrected chi connectivity index (χ3v) is 6.23. The number of hydrogen-bond donors (Lipinski definition) is 1. The molecule has 0 aromatic carbocycles. The Bertz CT molecular complexity index is 307. The molecule has 3 aliphatic rings. The average molecular weight is 222 g/mol. The van der Waals surface area contributed by atoms with Gasteiger partial charge in [0, 0.05) is 0 Å². The van der Waals surface area contributed by atoms with E-state index in [1.807, 2.05) is 0 Å². The van der Waals surface area contributed by atoms with Crippen LogP contribution in [0.15, 0.2) is 0 Å². The maximum atomic E-state index is 10.4.